The summed E-state index contributed by atoms with van der Waals surface area (Å²) in [7, 11) is 2.06. The van der Waals surface area contributed by atoms with E-state index in [0.717, 1.165) is 18.5 Å². The number of hydrogen-bond acceptors (Lipinski definition) is 3. The van der Waals surface area contributed by atoms with Gasteiger partial charge in [0.1, 0.15) is 0 Å². The molecule has 1 saturated carbocycles. The Balaban J connectivity index is 1.96. The van der Waals surface area contributed by atoms with Crippen LogP contribution in [0, 0.1) is 12.8 Å². The largest absolute Gasteiger partial charge is 0.310 e. The van der Waals surface area contributed by atoms with Crippen LogP contribution in [0.15, 0.2) is 5.03 Å². The van der Waals surface area contributed by atoms with Gasteiger partial charge in [-0.3, -0.25) is 4.68 Å². The van der Waals surface area contributed by atoms with Crippen molar-refractivity contribution in [1.82, 2.24) is 15.1 Å². The maximum Gasteiger partial charge on any atom is 0.0984 e. The molecule has 0 bridgehead atoms. The summed E-state index contributed by atoms with van der Waals surface area (Å²) in [6.07, 6.45) is 3.95. The summed E-state index contributed by atoms with van der Waals surface area (Å²) < 4.78 is 2.05. The molecule has 0 unspecified atom stereocenters. The average molecular weight is 267 g/mol. The third-order valence-electron chi connectivity index (χ3n) is 3.37. The summed E-state index contributed by atoms with van der Waals surface area (Å²) in [4.78, 5) is 0. The Hall–Kier alpha value is -0.480. The van der Waals surface area contributed by atoms with Crippen molar-refractivity contribution in [2.24, 2.45) is 13.0 Å². The molecule has 102 valence electrons. The topological polar surface area (TPSA) is 29.9 Å². The van der Waals surface area contributed by atoms with Crippen molar-refractivity contribution in [1.29, 1.82) is 0 Å². The number of nitrogens with one attached hydrogen (secondary N) is 1. The van der Waals surface area contributed by atoms with E-state index in [1.807, 2.05) is 16.4 Å². The normalized spacial score (nSPS) is 15.6. The van der Waals surface area contributed by atoms with Crippen molar-refractivity contribution >= 4 is 11.8 Å². The van der Waals surface area contributed by atoms with Crippen molar-refractivity contribution in [3.63, 3.8) is 0 Å². The van der Waals surface area contributed by atoms with Gasteiger partial charge in [0.25, 0.3) is 0 Å². The summed E-state index contributed by atoms with van der Waals surface area (Å²) in [5, 5.41) is 9.51. The van der Waals surface area contributed by atoms with Crippen LogP contribution in [0.25, 0.3) is 0 Å². The molecule has 4 heteroatoms. The highest BCUT2D eigenvalue weighted by molar-refractivity contribution is 7.99. The van der Waals surface area contributed by atoms with Gasteiger partial charge in [-0.2, -0.15) is 5.10 Å². The highest BCUT2D eigenvalue weighted by Crippen LogP contribution is 2.27. The van der Waals surface area contributed by atoms with Crippen LogP contribution in [0.5, 0.6) is 0 Å². The number of aryl methyl sites for hydroxylation is 2. The zero-order chi connectivity index (χ0) is 13.1. The molecule has 0 radical (unpaired) electrons. The molecule has 1 aromatic rings. The van der Waals surface area contributed by atoms with Crippen molar-refractivity contribution in [3.8, 4) is 0 Å². The highest BCUT2D eigenvalue weighted by atomic mass is 32.2. The lowest BCUT2D eigenvalue weighted by molar-refractivity contribution is 0.628. The van der Waals surface area contributed by atoms with Crippen molar-refractivity contribution in [2.75, 3.05) is 5.75 Å². The van der Waals surface area contributed by atoms with Crippen molar-refractivity contribution in [3.05, 3.63) is 11.3 Å². The third-order valence-corrected chi connectivity index (χ3v) is 4.59. The Morgan fingerprint density at radius 3 is 2.78 bits per heavy atom. The zero-order valence-corrected chi connectivity index (χ0v) is 12.8. The third kappa shape index (κ3) is 3.75. The molecule has 2 rings (SSSR count). The lowest BCUT2D eigenvalue weighted by atomic mass is 10.2. The molecule has 0 aliphatic heterocycles. The number of hydrogen-bond donors (Lipinski definition) is 1. The van der Waals surface area contributed by atoms with Crippen LogP contribution in [0.4, 0.5) is 0 Å². The molecule has 0 amide bonds. The number of aromatic nitrogens is 2. The van der Waals surface area contributed by atoms with Crippen LogP contribution < -0.4 is 5.32 Å². The lowest BCUT2D eigenvalue weighted by Gasteiger charge is -2.08. The second-order valence-electron chi connectivity index (χ2n) is 5.68. The van der Waals surface area contributed by atoms with E-state index < -0.39 is 0 Å². The lowest BCUT2D eigenvalue weighted by Crippen LogP contribution is -2.16. The van der Waals surface area contributed by atoms with Crippen LogP contribution >= 0.6 is 11.8 Å². The van der Waals surface area contributed by atoms with E-state index in [2.05, 4.69) is 38.2 Å². The maximum absolute atomic E-state index is 4.56. The SMILES string of the molecule is Cc1nn(C)c(SCCC(C)C)c1CNC1CC1. The molecule has 3 nitrogen and oxygen atoms in total. The van der Waals surface area contributed by atoms with Crippen LogP contribution in [-0.4, -0.2) is 21.6 Å². The Bertz CT molecular complexity index is 394. The molecular weight excluding hydrogens is 242 g/mol. The van der Waals surface area contributed by atoms with Gasteiger partial charge in [-0.25, -0.2) is 0 Å². The smallest absolute Gasteiger partial charge is 0.0984 e. The minimum absolute atomic E-state index is 0.762. The molecule has 1 fully saturated rings. The van der Waals surface area contributed by atoms with Gasteiger partial charge in [0.2, 0.25) is 0 Å². The summed E-state index contributed by atoms with van der Waals surface area (Å²) in [6.45, 7) is 7.67. The van der Waals surface area contributed by atoms with Crippen LogP contribution in [0.3, 0.4) is 0 Å². The number of nitrogens with zero attached hydrogens (tertiary/aromatic N) is 2. The minimum Gasteiger partial charge on any atom is -0.310 e. The predicted molar refractivity (Wildman–Crippen MR) is 78.0 cm³/mol. The van der Waals surface area contributed by atoms with E-state index in [1.165, 1.54) is 41.3 Å². The molecule has 0 spiro atoms. The standard InChI is InChI=1S/C14H25N3S/c1-10(2)7-8-18-14-13(9-15-12-5-6-12)11(3)16-17(14)4/h10,12,15H,5-9H2,1-4H3. The van der Waals surface area contributed by atoms with Crippen LogP contribution in [0.1, 0.15) is 44.4 Å². The van der Waals surface area contributed by atoms with Crippen LogP contribution in [-0.2, 0) is 13.6 Å². The van der Waals surface area contributed by atoms with Gasteiger partial charge < -0.3 is 5.32 Å². The van der Waals surface area contributed by atoms with E-state index in [-0.39, 0.29) is 0 Å². The second-order valence-corrected chi connectivity index (χ2v) is 6.76. The van der Waals surface area contributed by atoms with E-state index in [1.54, 1.807) is 0 Å². The Morgan fingerprint density at radius 2 is 2.17 bits per heavy atom. The number of thioether (sulfide) groups is 1. The molecule has 18 heavy (non-hydrogen) atoms. The Kier molecular flexibility index (Phi) is 4.73. The van der Waals surface area contributed by atoms with E-state index >= 15 is 0 Å². The molecule has 1 aliphatic carbocycles. The van der Waals surface area contributed by atoms with Crippen LogP contribution in [0.2, 0.25) is 0 Å². The summed E-state index contributed by atoms with van der Waals surface area (Å²) in [5.74, 6) is 1.97. The first-order valence-corrected chi connectivity index (χ1v) is 7.95. The van der Waals surface area contributed by atoms with Gasteiger partial charge in [0.05, 0.1) is 10.7 Å². The van der Waals surface area contributed by atoms with Gasteiger partial charge in [-0.1, -0.05) is 13.8 Å². The highest BCUT2D eigenvalue weighted by Gasteiger charge is 2.22. The fourth-order valence-electron chi connectivity index (χ4n) is 1.99. The van der Waals surface area contributed by atoms with E-state index in [9.17, 15) is 0 Å². The minimum atomic E-state index is 0.762. The molecule has 1 heterocycles. The molecule has 1 aromatic heterocycles. The monoisotopic (exact) mass is 267 g/mol. The van der Waals surface area contributed by atoms with Gasteiger partial charge in [-0.15, -0.1) is 11.8 Å². The van der Waals surface area contributed by atoms with Gasteiger partial charge in [-0.05, 0) is 37.9 Å². The van der Waals surface area contributed by atoms with Crippen molar-refractivity contribution in [2.45, 2.75) is 57.6 Å². The quantitative estimate of drug-likeness (QED) is 0.770. The summed E-state index contributed by atoms with van der Waals surface area (Å²) in [6, 6.07) is 0.762. The van der Waals surface area contributed by atoms with Gasteiger partial charge in [0.15, 0.2) is 0 Å². The summed E-state index contributed by atoms with van der Waals surface area (Å²) >= 11 is 1.96. The van der Waals surface area contributed by atoms with Gasteiger partial charge in [0, 0.05) is 25.2 Å². The molecular formula is C14H25N3S. The first-order valence-electron chi connectivity index (χ1n) is 6.96. The fraction of sp³-hybridized carbons (Fsp3) is 0.786. The fourth-order valence-corrected chi connectivity index (χ4v) is 3.39. The predicted octanol–water partition coefficient (Wildman–Crippen LogP) is 3.12. The Labute approximate surface area is 115 Å². The zero-order valence-electron chi connectivity index (χ0n) is 12.0. The molecule has 0 saturated heterocycles. The molecule has 1 aliphatic rings. The molecule has 1 N–H and O–H groups in total. The van der Waals surface area contributed by atoms with E-state index in [0.29, 0.717) is 0 Å². The second kappa shape index (κ2) is 6.11. The Morgan fingerprint density at radius 1 is 1.44 bits per heavy atom. The van der Waals surface area contributed by atoms with E-state index in [4.69, 9.17) is 0 Å². The maximum atomic E-state index is 4.56. The average Bonchev–Trinajstić information content (AvgIpc) is 3.06. The molecule has 0 aromatic carbocycles. The number of rotatable bonds is 7. The van der Waals surface area contributed by atoms with Crippen molar-refractivity contribution < 1.29 is 0 Å². The first kappa shape index (κ1) is 13.9. The first-order chi connectivity index (χ1) is 8.58. The summed E-state index contributed by atoms with van der Waals surface area (Å²) in [5.41, 5.74) is 2.58. The molecule has 0 atom stereocenters. The van der Waals surface area contributed by atoms with Gasteiger partial charge >= 0.3 is 0 Å².